The Kier molecular flexibility index (Phi) is 5.46. The summed E-state index contributed by atoms with van der Waals surface area (Å²) in [5, 5.41) is 9.12. The maximum absolute atomic E-state index is 14.5. The van der Waals surface area contributed by atoms with E-state index in [4.69, 9.17) is 0 Å². The first-order valence-electron chi connectivity index (χ1n) is 11.2. The molecule has 5 aromatic heterocycles. The van der Waals surface area contributed by atoms with Crippen molar-refractivity contribution >= 4 is 31.8 Å². The number of nitrogens with one attached hydrogen (secondary N) is 3. The third-order valence-corrected chi connectivity index (χ3v) is 6.51. The number of sulfonamides is 1. The molecule has 37 heavy (non-hydrogen) atoms. The Morgan fingerprint density at radius 3 is 2.57 bits per heavy atom. The van der Waals surface area contributed by atoms with E-state index in [1.54, 1.807) is 37.1 Å². The van der Waals surface area contributed by atoms with E-state index in [0.717, 1.165) is 33.8 Å². The number of benzene rings is 1. The fourth-order valence-corrected chi connectivity index (χ4v) is 4.64. The molecule has 184 valence electrons. The minimum atomic E-state index is -3.42. The second-order valence-electron chi connectivity index (χ2n) is 8.52. The molecule has 0 spiro atoms. The number of H-pyrrole nitrogens is 2. The van der Waals surface area contributed by atoms with Gasteiger partial charge in [0.15, 0.2) is 0 Å². The van der Waals surface area contributed by atoms with Crippen molar-refractivity contribution in [3.05, 3.63) is 78.8 Å². The number of aromatic amines is 2. The zero-order valence-electron chi connectivity index (χ0n) is 19.4. The van der Waals surface area contributed by atoms with Gasteiger partial charge in [-0.1, -0.05) is 0 Å². The molecule has 6 rings (SSSR count). The standard InChI is InChI=1S/C25H19FN8O2S/c1-37(35,36)31-11-14-6-15(8-16(26)7-14)24-17-10-21(32-19(17)2-3-29-24)25-18-9-20(23-12-27-4-5-28-23)30-13-22(18)33-34-25/h2-10,12-13,31-32H,11H2,1H3,(H,33,34). The van der Waals surface area contributed by atoms with Crippen LogP contribution in [0.15, 0.2) is 67.4 Å². The van der Waals surface area contributed by atoms with Crippen molar-refractivity contribution in [3.63, 3.8) is 0 Å². The van der Waals surface area contributed by atoms with Gasteiger partial charge in [0.05, 0.1) is 41.2 Å². The number of pyridine rings is 2. The summed E-state index contributed by atoms with van der Waals surface area (Å²) in [5.74, 6) is -0.486. The van der Waals surface area contributed by atoms with Crippen LogP contribution in [0.2, 0.25) is 0 Å². The van der Waals surface area contributed by atoms with Crippen molar-refractivity contribution in [1.29, 1.82) is 0 Å². The predicted octanol–water partition coefficient (Wildman–Crippen LogP) is 3.81. The number of fused-ring (bicyclic) bond motifs is 2. The van der Waals surface area contributed by atoms with Crippen molar-refractivity contribution in [2.45, 2.75) is 6.54 Å². The van der Waals surface area contributed by atoms with Crippen molar-refractivity contribution in [3.8, 4) is 34.0 Å². The summed E-state index contributed by atoms with van der Waals surface area (Å²) in [6.07, 6.45) is 9.25. The Morgan fingerprint density at radius 2 is 1.76 bits per heavy atom. The SMILES string of the molecule is CS(=O)(=O)NCc1cc(F)cc(-c2nccc3[nH]c(-c4n[nH]c5cnc(-c6cnccn6)cc45)cc23)c1. The van der Waals surface area contributed by atoms with Crippen LogP contribution in [-0.4, -0.2) is 49.8 Å². The fourth-order valence-electron chi connectivity index (χ4n) is 4.21. The van der Waals surface area contributed by atoms with Crippen LogP contribution < -0.4 is 4.72 Å². The van der Waals surface area contributed by atoms with Gasteiger partial charge >= 0.3 is 0 Å². The lowest BCUT2D eigenvalue weighted by Crippen LogP contribution is -2.21. The zero-order chi connectivity index (χ0) is 25.6. The fraction of sp³-hybridized carbons (Fsp3) is 0.0800. The normalized spacial score (nSPS) is 11.9. The highest BCUT2D eigenvalue weighted by molar-refractivity contribution is 7.88. The lowest BCUT2D eigenvalue weighted by molar-refractivity contribution is 0.586. The highest BCUT2D eigenvalue weighted by Crippen LogP contribution is 2.34. The molecule has 0 radical (unpaired) electrons. The second kappa shape index (κ2) is 8.84. The van der Waals surface area contributed by atoms with E-state index in [2.05, 4.69) is 39.8 Å². The molecular formula is C25H19FN8O2S. The van der Waals surface area contributed by atoms with E-state index in [1.165, 1.54) is 12.1 Å². The van der Waals surface area contributed by atoms with E-state index >= 15 is 0 Å². The van der Waals surface area contributed by atoms with E-state index in [9.17, 15) is 12.8 Å². The average molecular weight is 515 g/mol. The Balaban J connectivity index is 1.44. The summed E-state index contributed by atoms with van der Waals surface area (Å²) in [4.78, 5) is 20.8. The second-order valence-corrected chi connectivity index (χ2v) is 10.4. The first-order valence-corrected chi connectivity index (χ1v) is 13.1. The van der Waals surface area contributed by atoms with E-state index in [1.807, 2.05) is 18.2 Å². The van der Waals surface area contributed by atoms with Crippen LogP contribution >= 0.6 is 0 Å². The first-order chi connectivity index (χ1) is 17.8. The molecule has 0 aliphatic heterocycles. The average Bonchev–Trinajstić information content (AvgIpc) is 3.51. The molecule has 0 saturated carbocycles. The van der Waals surface area contributed by atoms with Gasteiger partial charge in [-0.3, -0.25) is 25.0 Å². The Morgan fingerprint density at radius 1 is 0.892 bits per heavy atom. The highest BCUT2D eigenvalue weighted by Gasteiger charge is 2.16. The summed E-state index contributed by atoms with van der Waals surface area (Å²) < 4.78 is 39.8. The van der Waals surface area contributed by atoms with Crippen LogP contribution in [0.5, 0.6) is 0 Å². The largest absolute Gasteiger partial charge is 0.353 e. The van der Waals surface area contributed by atoms with Crippen molar-refractivity contribution in [2.24, 2.45) is 0 Å². The van der Waals surface area contributed by atoms with Gasteiger partial charge in [-0.05, 0) is 42.0 Å². The molecule has 1 aromatic carbocycles. The first kappa shape index (κ1) is 22.9. The summed E-state index contributed by atoms with van der Waals surface area (Å²) in [6.45, 7) is -0.0284. The molecule has 0 fully saturated rings. The maximum Gasteiger partial charge on any atom is 0.209 e. The summed E-state index contributed by atoms with van der Waals surface area (Å²) in [5.41, 5.74) is 5.85. The van der Waals surface area contributed by atoms with Gasteiger partial charge in [-0.2, -0.15) is 5.10 Å². The lowest BCUT2D eigenvalue weighted by atomic mass is 10.0. The zero-order valence-corrected chi connectivity index (χ0v) is 20.2. The van der Waals surface area contributed by atoms with E-state index in [0.29, 0.717) is 33.9 Å². The Labute approximate surface area is 210 Å². The maximum atomic E-state index is 14.5. The molecule has 12 heteroatoms. The van der Waals surface area contributed by atoms with Crippen LogP contribution in [0.3, 0.4) is 0 Å². The van der Waals surface area contributed by atoms with Crippen molar-refractivity contribution in [2.75, 3.05) is 6.26 Å². The number of rotatable bonds is 6. The smallest absolute Gasteiger partial charge is 0.209 e. The molecule has 0 atom stereocenters. The molecule has 10 nitrogen and oxygen atoms in total. The molecule has 0 aliphatic rings. The van der Waals surface area contributed by atoms with Gasteiger partial charge in [-0.25, -0.2) is 17.5 Å². The molecule has 3 N–H and O–H groups in total. The molecule has 0 aliphatic carbocycles. The third-order valence-electron chi connectivity index (χ3n) is 5.85. The molecule has 5 heterocycles. The lowest BCUT2D eigenvalue weighted by Gasteiger charge is -2.07. The molecular weight excluding hydrogens is 495 g/mol. The van der Waals surface area contributed by atoms with Crippen molar-refractivity contribution < 1.29 is 12.8 Å². The van der Waals surface area contributed by atoms with E-state index < -0.39 is 15.8 Å². The highest BCUT2D eigenvalue weighted by atomic mass is 32.2. The van der Waals surface area contributed by atoms with Crippen LogP contribution in [-0.2, 0) is 16.6 Å². The van der Waals surface area contributed by atoms with Crippen molar-refractivity contribution in [1.82, 2.24) is 39.8 Å². The molecule has 0 bridgehead atoms. The molecule has 0 saturated heterocycles. The van der Waals surface area contributed by atoms with Crippen LogP contribution in [0.1, 0.15) is 5.56 Å². The van der Waals surface area contributed by atoms with Gasteiger partial charge in [0.25, 0.3) is 0 Å². The minimum Gasteiger partial charge on any atom is -0.353 e. The van der Waals surface area contributed by atoms with E-state index in [-0.39, 0.29) is 6.54 Å². The number of hydrogen-bond donors (Lipinski definition) is 3. The van der Waals surface area contributed by atoms with Crippen LogP contribution in [0, 0.1) is 5.82 Å². The van der Waals surface area contributed by atoms with Gasteiger partial charge < -0.3 is 4.98 Å². The van der Waals surface area contributed by atoms with Gasteiger partial charge in [-0.15, -0.1) is 0 Å². The number of nitrogens with zero attached hydrogens (tertiary/aromatic N) is 5. The minimum absolute atomic E-state index is 0.0284. The summed E-state index contributed by atoms with van der Waals surface area (Å²) in [6, 6.07) is 10.0. The molecule has 0 amide bonds. The Hall–Kier alpha value is -4.55. The number of hydrogen-bond acceptors (Lipinski definition) is 7. The van der Waals surface area contributed by atoms with Gasteiger partial charge in [0.1, 0.15) is 17.2 Å². The third kappa shape index (κ3) is 4.55. The monoisotopic (exact) mass is 514 g/mol. The van der Waals surface area contributed by atoms with Crippen LogP contribution in [0.25, 0.3) is 55.8 Å². The summed E-state index contributed by atoms with van der Waals surface area (Å²) >= 11 is 0. The van der Waals surface area contributed by atoms with Gasteiger partial charge in [0.2, 0.25) is 10.0 Å². The predicted molar refractivity (Wildman–Crippen MR) is 137 cm³/mol. The number of halogens is 1. The summed E-state index contributed by atoms with van der Waals surface area (Å²) in [7, 11) is -3.42. The van der Waals surface area contributed by atoms with Gasteiger partial charge in [0, 0.05) is 47.0 Å². The molecule has 0 unspecified atom stereocenters. The quantitative estimate of drug-likeness (QED) is 0.307. The van der Waals surface area contributed by atoms with Crippen LogP contribution in [0.4, 0.5) is 4.39 Å². The Bertz CT molecular complexity index is 1880. The topological polar surface area (TPSA) is 142 Å². The number of aromatic nitrogens is 7. The molecule has 6 aromatic rings.